The zero-order valence-electron chi connectivity index (χ0n) is 14.1. The molecule has 0 saturated heterocycles. The molecule has 0 spiro atoms. The molecular formula is C18H20N2O2S2. The van der Waals surface area contributed by atoms with Gasteiger partial charge in [0, 0.05) is 24.5 Å². The Labute approximate surface area is 149 Å². The molecule has 3 aromatic rings. The molecule has 0 radical (unpaired) electrons. The Morgan fingerprint density at radius 2 is 2.25 bits per heavy atom. The Balaban J connectivity index is 1.85. The van der Waals surface area contributed by atoms with Crippen molar-refractivity contribution in [3.05, 3.63) is 34.7 Å². The van der Waals surface area contributed by atoms with E-state index in [9.17, 15) is 4.79 Å². The number of thiazole rings is 1. The molecule has 0 atom stereocenters. The van der Waals surface area contributed by atoms with E-state index in [1.54, 1.807) is 27.6 Å². The van der Waals surface area contributed by atoms with E-state index in [0.717, 1.165) is 36.6 Å². The van der Waals surface area contributed by atoms with E-state index in [2.05, 4.69) is 11.6 Å². The van der Waals surface area contributed by atoms with Gasteiger partial charge in [-0.1, -0.05) is 12.2 Å². The fourth-order valence-corrected chi connectivity index (χ4v) is 4.47. The number of rotatable bonds is 6. The van der Waals surface area contributed by atoms with Gasteiger partial charge in [-0.25, -0.2) is 4.98 Å². The molecule has 1 aromatic carbocycles. The standard InChI is InChI=1S/C18H20N2O2S2/c1-5-20(9-11(2)3)16(21)10-22-14-8-15-17(19-12(4)24-15)18-13(14)6-7-23-18/h6-8H,2,5,9-10H2,1,3-4H3. The second kappa shape index (κ2) is 6.91. The van der Waals surface area contributed by atoms with E-state index in [0.29, 0.717) is 13.1 Å². The van der Waals surface area contributed by atoms with Gasteiger partial charge in [-0.2, -0.15) is 0 Å². The summed E-state index contributed by atoms with van der Waals surface area (Å²) in [7, 11) is 0. The van der Waals surface area contributed by atoms with Crippen LogP contribution in [0.15, 0.2) is 29.7 Å². The summed E-state index contributed by atoms with van der Waals surface area (Å²) in [5.74, 6) is 0.728. The van der Waals surface area contributed by atoms with E-state index in [-0.39, 0.29) is 12.5 Å². The van der Waals surface area contributed by atoms with E-state index in [4.69, 9.17) is 4.74 Å². The molecule has 3 rings (SSSR count). The molecular weight excluding hydrogens is 340 g/mol. The maximum absolute atomic E-state index is 12.4. The van der Waals surface area contributed by atoms with Crippen molar-refractivity contribution in [3.8, 4) is 5.75 Å². The lowest BCUT2D eigenvalue weighted by Crippen LogP contribution is -2.35. The predicted octanol–water partition coefficient (Wildman–Crippen LogP) is 4.62. The second-order valence-electron chi connectivity index (χ2n) is 5.77. The zero-order chi connectivity index (χ0) is 17.3. The van der Waals surface area contributed by atoms with E-state index in [1.165, 1.54) is 0 Å². The first-order valence-corrected chi connectivity index (χ1v) is 9.51. The first-order valence-electron chi connectivity index (χ1n) is 7.82. The molecule has 1 amide bonds. The number of carbonyl (C=O) groups is 1. The molecule has 0 saturated carbocycles. The van der Waals surface area contributed by atoms with Crippen LogP contribution in [0.4, 0.5) is 0 Å². The number of fused-ring (bicyclic) bond motifs is 3. The average Bonchev–Trinajstić information content (AvgIpc) is 3.15. The molecule has 0 N–H and O–H groups in total. The molecule has 0 unspecified atom stereocenters. The van der Waals surface area contributed by atoms with Crippen molar-refractivity contribution in [2.24, 2.45) is 0 Å². The van der Waals surface area contributed by atoms with Gasteiger partial charge in [0.15, 0.2) is 6.61 Å². The van der Waals surface area contributed by atoms with Crippen LogP contribution in [0.5, 0.6) is 5.75 Å². The Morgan fingerprint density at radius 1 is 1.46 bits per heavy atom. The smallest absolute Gasteiger partial charge is 0.260 e. The second-order valence-corrected chi connectivity index (χ2v) is 7.92. The van der Waals surface area contributed by atoms with Crippen molar-refractivity contribution in [1.82, 2.24) is 9.88 Å². The lowest BCUT2D eigenvalue weighted by Gasteiger charge is -2.21. The number of hydrogen-bond acceptors (Lipinski definition) is 5. The topological polar surface area (TPSA) is 42.4 Å². The molecule has 0 aliphatic carbocycles. The number of likely N-dealkylation sites (N-methyl/N-ethyl adjacent to an activating group) is 1. The molecule has 24 heavy (non-hydrogen) atoms. The predicted molar refractivity (Wildman–Crippen MR) is 102 cm³/mol. The minimum Gasteiger partial charge on any atom is -0.483 e. The van der Waals surface area contributed by atoms with Crippen LogP contribution in [0, 0.1) is 6.92 Å². The van der Waals surface area contributed by atoms with Crippen LogP contribution in [0.1, 0.15) is 18.9 Å². The highest BCUT2D eigenvalue weighted by Gasteiger charge is 2.16. The van der Waals surface area contributed by atoms with Gasteiger partial charge in [-0.3, -0.25) is 4.79 Å². The van der Waals surface area contributed by atoms with Crippen molar-refractivity contribution in [3.63, 3.8) is 0 Å². The summed E-state index contributed by atoms with van der Waals surface area (Å²) in [4.78, 5) is 18.7. The highest BCUT2D eigenvalue weighted by molar-refractivity contribution is 7.21. The summed E-state index contributed by atoms with van der Waals surface area (Å²) in [6.07, 6.45) is 0. The quantitative estimate of drug-likeness (QED) is 0.602. The van der Waals surface area contributed by atoms with Gasteiger partial charge >= 0.3 is 0 Å². The minimum atomic E-state index is -0.0236. The minimum absolute atomic E-state index is 0.0236. The van der Waals surface area contributed by atoms with Crippen LogP contribution in [-0.2, 0) is 4.79 Å². The lowest BCUT2D eigenvalue weighted by atomic mass is 10.2. The fraction of sp³-hybridized carbons (Fsp3) is 0.333. The van der Waals surface area contributed by atoms with Gasteiger partial charge in [-0.05, 0) is 32.2 Å². The summed E-state index contributed by atoms with van der Waals surface area (Å²) in [5.41, 5.74) is 1.99. The maximum atomic E-state index is 12.4. The highest BCUT2D eigenvalue weighted by atomic mass is 32.1. The average molecular weight is 361 g/mol. The summed E-state index contributed by atoms with van der Waals surface area (Å²) < 4.78 is 8.10. The monoisotopic (exact) mass is 360 g/mol. The Kier molecular flexibility index (Phi) is 4.87. The van der Waals surface area contributed by atoms with Gasteiger partial charge < -0.3 is 9.64 Å². The molecule has 0 bridgehead atoms. The van der Waals surface area contributed by atoms with Crippen LogP contribution >= 0.6 is 22.7 Å². The first kappa shape index (κ1) is 16.9. The van der Waals surface area contributed by atoms with Crippen LogP contribution in [0.2, 0.25) is 0 Å². The molecule has 126 valence electrons. The summed E-state index contributed by atoms with van der Waals surface area (Å²) in [6, 6.07) is 4.02. The van der Waals surface area contributed by atoms with Crippen LogP contribution < -0.4 is 4.74 Å². The number of benzene rings is 1. The molecule has 6 heteroatoms. The Hall–Kier alpha value is -1.92. The number of thiophene rings is 1. The zero-order valence-corrected chi connectivity index (χ0v) is 15.7. The number of carbonyl (C=O) groups excluding carboxylic acids is 1. The Bertz CT molecular complexity index is 910. The number of ether oxygens (including phenoxy) is 1. The molecule has 0 aliphatic heterocycles. The molecule has 0 aliphatic rings. The van der Waals surface area contributed by atoms with Crippen LogP contribution in [0.25, 0.3) is 20.3 Å². The number of aryl methyl sites for hydroxylation is 1. The first-order chi connectivity index (χ1) is 11.5. The number of aromatic nitrogens is 1. The van der Waals surface area contributed by atoms with Crippen molar-refractivity contribution in [1.29, 1.82) is 0 Å². The number of nitrogens with zero attached hydrogens (tertiary/aromatic N) is 2. The lowest BCUT2D eigenvalue weighted by molar-refractivity contribution is -0.132. The summed E-state index contributed by atoms with van der Waals surface area (Å²) in [5, 5.41) is 4.09. The third-order valence-electron chi connectivity index (χ3n) is 3.71. The van der Waals surface area contributed by atoms with E-state index in [1.807, 2.05) is 38.3 Å². The highest BCUT2D eigenvalue weighted by Crippen LogP contribution is 2.38. The molecule has 0 fully saturated rings. The van der Waals surface area contributed by atoms with Gasteiger partial charge in [-0.15, -0.1) is 22.7 Å². The van der Waals surface area contributed by atoms with Gasteiger partial charge in [0.1, 0.15) is 5.75 Å². The van der Waals surface area contributed by atoms with E-state index >= 15 is 0 Å². The third kappa shape index (κ3) is 3.30. The number of hydrogen-bond donors (Lipinski definition) is 0. The normalized spacial score (nSPS) is 11.1. The largest absolute Gasteiger partial charge is 0.483 e. The van der Waals surface area contributed by atoms with E-state index < -0.39 is 0 Å². The van der Waals surface area contributed by atoms with Crippen molar-refractivity contribution >= 4 is 48.9 Å². The Morgan fingerprint density at radius 3 is 2.96 bits per heavy atom. The van der Waals surface area contributed by atoms with Crippen molar-refractivity contribution < 1.29 is 9.53 Å². The summed E-state index contributed by atoms with van der Waals surface area (Å²) in [6.45, 7) is 11.0. The molecule has 4 nitrogen and oxygen atoms in total. The van der Waals surface area contributed by atoms with Gasteiger partial charge in [0.05, 0.1) is 19.9 Å². The SMILES string of the molecule is C=C(C)CN(CC)C(=O)COc1cc2sc(C)nc2c2sccc12. The van der Waals surface area contributed by atoms with Crippen LogP contribution in [-0.4, -0.2) is 35.5 Å². The fourth-order valence-electron chi connectivity index (χ4n) is 2.64. The van der Waals surface area contributed by atoms with Crippen molar-refractivity contribution in [2.75, 3.05) is 19.7 Å². The van der Waals surface area contributed by atoms with Gasteiger partial charge in [0.25, 0.3) is 5.91 Å². The number of amides is 1. The molecule has 2 aromatic heterocycles. The van der Waals surface area contributed by atoms with Crippen molar-refractivity contribution in [2.45, 2.75) is 20.8 Å². The summed E-state index contributed by atoms with van der Waals surface area (Å²) >= 11 is 3.30. The van der Waals surface area contributed by atoms with Crippen LogP contribution in [0.3, 0.4) is 0 Å². The molecule has 2 heterocycles. The van der Waals surface area contributed by atoms with Gasteiger partial charge in [0.2, 0.25) is 0 Å². The maximum Gasteiger partial charge on any atom is 0.260 e. The third-order valence-corrected chi connectivity index (χ3v) is 5.55.